The van der Waals surface area contributed by atoms with E-state index in [4.69, 9.17) is 5.73 Å². The van der Waals surface area contributed by atoms with Gasteiger partial charge in [-0.3, -0.25) is 9.69 Å². The molecule has 0 radical (unpaired) electrons. The summed E-state index contributed by atoms with van der Waals surface area (Å²) >= 11 is 0. The van der Waals surface area contributed by atoms with Crippen molar-refractivity contribution in [2.75, 3.05) is 13.1 Å². The van der Waals surface area contributed by atoms with E-state index in [1.165, 1.54) is 0 Å². The molecule has 4 N–H and O–H groups in total. The molecule has 1 amide bonds. The van der Waals surface area contributed by atoms with Gasteiger partial charge in [0.25, 0.3) is 0 Å². The number of amides is 1. The van der Waals surface area contributed by atoms with Gasteiger partial charge in [-0.15, -0.1) is 0 Å². The lowest BCUT2D eigenvalue weighted by atomic mass is 9.79. The largest absolute Gasteiger partial charge is 0.355 e. The highest BCUT2D eigenvalue weighted by molar-refractivity contribution is 5.82. The first kappa shape index (κ1) is 16.7. The molecule has 2 heterocycles. The average molecular weight is 296 g/mol. The fourth-order valence-corrected chi connectivity index (χ4v) is 4.35. The first-order chi connectivity index (χ1) is 9.63. The van der Waals surface area contributed by atoms with Gasteiger partial charge in [0, 0.05) is 36.3 Å². The number of hydrogen-bond acceptors (Lipinski definition) is 4. The lowest BCUT2D eigenvalue weighted by Gasteiger charge is -2.50. The van der Waals surface area contributed by atoms with E-state index >= 15 is 0 Å². The smallest absolute Gasteiger partial charge is 0.237 e. The van der Waals surface area contributed by atoms with Gasteiger partial charge in [-0.2, -0.15) is 0 Å². The van der Waals surface area contributed by atoms with E-state index < -0.39 is 0 Å². The molecular formula is C16H32N4O. The summed E-state index contributed by atoms with van der Waals surface area (Å²) in [6.45, 7) is 12.5. The van der Waals surface area contributed by atoms with Crippen LogP contribution in [0.25, 0.3) is 0 Å². The van der Waals surface area contributed by atoms with Crippen molar-refractivity contribution in [3.63, 3.8) is 0 Å². The Morgan fingerprint density at radius 3 is 2.38 bits per heavy atom. The number of nitrogens with two attached hydrogens (primary N) is 1. The van der Waals surface area contributed by atoms with Gasteiger partial charge in [0.05, 0.1) is 6.04 Å². The molecule has 0 spiro atoms. The van der Waals surface area contributed by atoms with Crippen LogP contribution in [0.1, 0.15) is 53.9 Å². The van der Waals surface area contributed by atoms with Gasteiger partial charge in [-0.05, 0) is 53.9 Å². The highest BCUT2D eigenvalue weighted by atomic mass is 16.2. The quantitative estimate of drug-likeness (QED) is 0.721. The number of carbonyl (C=O) groups is 1. The van der Waals surface area contributed by atoms with Crippen LogP contribution in [0.4, 0.5) is 0 Å². The molecule has 122 valence electrons. The fourth-order valence-electron chi connectivity index (χ4n) is 4.35. The van der Waals surface area contributed by atoms with Gasteiger partial charge in [-0.1, -0.05) is 0 Å². The Labute approximate surface area is 129 Å². The van der Waals surface area contributed by atoms with Crippen LogP contribution in [0.3, 0.4) is 0 Å². The number of likely N-dealkylation sites (tertiary alicyclic amines) is 1. The molecule has 0 saturated carbocycles. The molecule has 2 saturated heterocycles. The van der Waals surface area contributed by atoms with E-state index in [1.807, 2.05) is 6.92 Å². The normalized spacial score (nSPS) is 33.0. The van der Waals surface area contributed by atoms with E-state index in [9.17, 15) is 4.79 Å². The maximum atomic E-state index is 12.3. The van der Waals surface area contributed by atoms with Crippen LogP contribution in [-0.2, 0) is 4.79 Å². The molecule has 0 unspecified atom stereocenters. The van der Waals surface area contributed by atoms with Crippen molar-refractivity contribution in [3.05, 3.63) is 0 Å². The molecular weight excluding hydrogens is 264 g/mol. The molecule has 2 fully saturated rings. The Kier molecular flexibility index (Phi) is 4.66. The SMILES string of the molecule is CCNC(=O)[C@@H]1C[C@H](N)CN1C1CC(C)(C)NC(C)(C)C1. The monoisotopic (exact) mass is 296 g/mol. The first-order valence-electron chi connectivity index (χ1n) is 8.22. The highest BCUT2D eigenvalue weighted by Gasteiger charge is 2.45. The van der Waals surface area contributed by atoms with Gasteiger partial charge in [-0.25, -0.2) is 0 Å². The number of likely N-dealkylation sites (N-methyl/N-ethyl adjacent to an activating group) is 1. The number of nitrogens with zero attached hydrogens (tertiary/aromatic N) is 1. The minimum atomic E-state index is -0.0605. The zero-order valence-electron chi connectivity index (χ0n) is 14.2. The topological polar surface area (TPSA) is 70.4 Å². The average Bonchev–Trinajstić information content (AvgIpc) is 2.67. The Morgan fingerprint density at radius 2 is 1.86 bits per heavy atom. The minimum absolute atomic E-state index is 0.0605. The molecule has 2 atom stereocenters. The van der Waals surface area contributed by atoms with Crippen molar-refractivity contribution in [2.24, 2.45) is 5.73 Å². The molecule has 0 aromatic heterocycles. The maximum absolute atomic E-state index is 12.3. The Bertz CT molecular complexity index is 378. The first-order valence-corrected chi connectivity index (χ1v) is 8.22. The zero-order chi connectivity index (χ0) is 15.8. The van der Waals surface area contributed by atoms with Crippen molar-refractivity contribution in [1.29, 1.82) is 0 Å². The predicted octanol–water partition coefficient (Wildman–Crippen LogP) is 0.833. The third kappa shape index (κ3) is 3.96. The van der Waals surface area contributed by atoms with Crippen LogP contribution in [0.5, 0.6) is 0 Å². The standard InChI is InChI=1S/C16H32N4O/c1-6-18-14(21)13-7-11(17)10-20(13)12-8-15(2,3)19-16(4,5)9-12/h11-13,19H,6-10,17H2,1-5H3,(H,18,21)/t11-,13-/m0/s1. The second-order valence-electron chi connectivity index (χ2n) is 8.06. The summed E-state index contributed by atoms with van der Waals surface area (Å²) in [4.78, 5) is 14.7. The van der Waals surface area contributed by atoms with Crippen LogP contribution < -0.4 is 16.4 Å². The van der Waals surface area contributed by atoms with E-state index in [0.717, 1.165) is 25.8 Å². The van der Waals surface area contributed by atoms with Crippen LogP contribution in [-0.4, -0.2) is 53.1 Å². The highest BCUT2D eigenvalue weighted by Crippen LogP contribution is 2.34. The number of rotatable bonds is 3. The predicted molar refractivity (Wildman–Crippen MR) is 86.1 cm³/mol. The lowest BCUT2D eigenvalue weighted by Crippen LogP contribution is -2.63. The van der Waals surface area contributed by atoms with E-state index in [1.54, 1.807) is 0 Å². The Morgan fingerprint density at radius 1 is 1.29 bits per heavy atom. The minimum Gasteiger partial charge on any atom is -0.355 e. The molecule has 0 aromatic carbocycles. The van der Waals surface area contributed by atoms with Gasteiger partial charge in [0.2, 0.25) is 5.91 Å². The Hall–Kier alpha value is -0.650. The summed E-state index contributed by atoms with van der Waals surface area (Å²) in [7, 11) is 0. The Balaban J connectivity index is 2.16. The van der Waals surface area contributed by atoms with Gasteiger partial charge >= 0.3 is 0 Å². The molecule has 2 rings (SSSR count). The summed E-state index contributed by atoms with van der Waals surface area (Å²) in [6.07, 6.45) is 2.88. The van der Waals surface area contributed by atoms with E-state index in [-0.39, 0.29) is 29.1 Å². The van der Waals surface area contributed by atoms with Gasteiger partial charge in [0.15, 0.2) is 0 Å². The van der Waals surface area contributed by atoms with Gasteiger partial charge < -0.3 is 16.4 Å². The van der Waals surface area contributed by atoms with Crippen molar-refractivity contribution < 1.29 is 4.79 Å². The van der Waals surface area contributed by atoms with Crippen molar-refractivity contribution >= 4 is 5.91 Å². The van der Waals surface area contributed by atoms with Gasteiger partial charge in [0.1, 0.15) is 0 Å². The van der Waals surface area contributed by atoms with Crippen LogP contribution >= 0.6 is 0 Å². The molecule has 2 aliphatic heterocycles. The molecule has 5 nitrogen and oxygen atoms in total. The summed E-state index contributed by atoms with van der Waals surface area (Å²) in [5, 5.41) is 6.67. The van der Waals surface area contributed by atoms with E-state index in [0.29, 0.717) is 12.6 Å². The number of hydrogen-bond donors (Lipinski definition) is 3. The molecule has 0 aliphatic carbocycles. The van der Waals surface area contributed by atoms with Crippen LogP contribution in [0, 0.1) is 0 Å². The second kappa shape index (κ2) is 5.86. The molecule has 0 bridgehead atoms. The number of piperidine rings is 1. The molecule has 5 heteroatoms. The molecule has 21 heavy (non-hydrogen) atoms. The zero-order valence-corrected chi connectivity index (χ0v) is 14.2. The number of carbonyl (C=O) groups excluding carboxylic acids is 1. The third-order valence-corrected chi connectivity index (χ3v) is 4.66. The molecule has 0 aromatic rings. The van der Waals surface area contributed by atoms with Crippen molar-refractivity contribution in [1.82, 2.24) is 15.5 Å². The fraction of sp³-hybridized carbons (Fsp3) is 0.938. The molecule has 2 aliphatic rings. The summed E-state index contributed by atoms with van der Waals surface area (Å²) < 4.78 is 0. The summed E-state index contributed by atoms with van der Waals surface area (Å²) in [6, 6.07) is 0.464. The summed E-state index contributed by atoms with van der Waals surface area (Å²) in [5.74, 6) is 0.139. The lowest BCUT2D eigenvalue weighted by molar-refractivity contribution is -0.126. The van der Waals surface area contributed by atoms with Crippen LogP contribution in [0.2, 0.25) is 0 Å². The second-order valence-corrected chi connectivity index (χ2v) is 8.06. The summed E-state index contributed by atoms with van der Waals surface area (Å²) in [5.41, 5.74) is 6.33. The third-order valence-electron chi connectivity index (χ3n) is 4.66. The number of nitrogens with one attached hydrogen (secondary N) is 2. The van der Waals surface area contributed by atoms with Crippen molar-refractivity contribution in [2.45, 2.75) is 83.1 Å². The maximum Gasteiger partial charge on any atom is 0.237 e. The van der Waals surface area contributed by atoms with Crippen LogP contribution in [0.15, 0.2) is 0 Å². The van der Waals surface area contributed by atoms with E-state index in [2.05, 4.69) is 43.2 Å². The van der Waals surface area contributed by atoms with Crippen molar-refractivity contribution in [3.8, 4) is 0 Å².